The van der Waals surface area contributed by atoms with Crippen molar-refractivity contribution in [2.24, 2.45) is 5.92 Å². The van der Waals surface area contributed by atoms with Crippen LogP contribution in [-0.4, -0.2) is 53.6 Å². The first-order valence-corrected chi connectivity index (χ1v) is 6.96. The molecule has 5 heteroatoms. The molecule has 0 radical (unpaired) electrons. The average Bonchev–Trinajstić information content (AvgIpc) is 2.25. The molecule has 0 spiro atoms. The van der Waals surface area contributed by atoms with Crippen LogP contribution in [-0.2, 0) is 9.47 Å². The third-order valence-electron chi connectivity index (χ3n) is 2.95. The third kappa shape index (κ3) is 5.37. The van der Waals surface area contributed by atoms with Crippen LogP contribution < -0.4 is 0 Å². The van der Waals surface area contributed by atoms with Gasteiger partial charge in [0.1, 0.15) is 5.60 Å². The van der Waals surface area contributed by atoms with Crippen LogP contribution in [0.3, 0.4) is 0 Å². The first-order valence-electron chi connectivity index (χ1n) is 6.96. The number of aliphatic hydroxyl groups is 1. The molecule has 1 rings (SSSR count). The standard InChI is InChI=1S/C14H27NO4/c1-10(2)8-12(16)11-9-18-7-6-15(11)13(17)19-14(3,4)5/h10-12,16H,6-9H2,1-5H3. The fourth-order valence-electron chi connectivity index (χ4n) is 2.13. The van der Waals surface area contributed by atoms with Crippen LogP contribution in [0.4, 0.5) is 4.79 Å². The molecule has 1 saturated heterocycles. The average molecular weight is 273 g/mol. The van der Waals surface area contributed by atoms with Gasteiger partial charge in [-0.15, -0.1) is 0 Å². The van der Waals surface area contributed by atoms with E-state index in [1.54, 1.807) is 4.90 Å². The number of aliphatic hydroxyl groups excluding tert-OH is 1. The van der Waals surface area contributed by atoms with E-state index in [1.807, 2.05) is 34.6 Å². The minimum Gasteiger partial charge on any atom is -0.444 e. The highest BCUT2D eigenvalue weighted by molar-refractivity contribution is 5.68. The topological polar surface area (TPSA) is 59.0 Å². The molecule has 1 aliphatic heterocycles. The second-order valence-corrected chi connectivity index (χ2v) is 6.51. The Hall–Kier alpha value is -0.810. The first-order chi connectivity index (χ1) is 8.70. The van der Waals surface area contributed by atoms with Crippen molar-refractivity contribution in [3.05, 3.63) is 0 Å². The van der Waals surface area contributed by atoms with Crippen molar-refractivity contribution >= 4 is 6.09 Å². The van der Waals surface area contributed by atoms with Crippen molar-refractivity contribution in [3.63, 3.8) is 0 Å². The van der Waals surface area contributed by atoms with Gasteiger partial charge in [-0.1, -0.05) is 13.8 Å². The van der Waals surface area contributed by atoms with Gasteiger partial charge < -0.3 is 14.6 Å². The fraction of sp³-hybridized carbons (Fsp3) is 0.929. The molecule has 112 valence electrons. The lowest BCUT2D eigenvalue weighted by molar-refractivity contribution is -0.0698. The molecule has 2 atom stereocenters. The fourth-order valence-corrected chi connectivity index (χ4v) is 2.13. The number of nitrogens with zero attached hydrogens (tertiary/aromatic N) is 1. The van der Waals surface area contributed by atoms with Crippen LogP contribution in [0.5, 0.6) is 0 Å². The molecule has 0 aromatic carbocycles. The van der Waals surface area contributed by atoms with Crippen molar-refractivity contribution in [2.45, 2.75) is 58.8 Å². The zero-order valence-electron chi connectivity index (χ0n) is 12.7. The molecule has 1 fully saturated rings. The summed E-state index contributed by atoms with van der Waals surface area (Å²) in [6.07, 6.45) is -0.302. The quantitative estimate of drug-likeness (QED) is 0.854. The molecule has 0 aromatic rings. The highest BCUT2D eigenvalue weighted by Crippen LogP contribution is 2.19. The molecule has 2 unspecified atom stereocenters. The van der Waals surface area contributed by atoms with Gasteiger partial charge in [0.15, 0.2) is 0 Å². The zero-order valence-corrected chi connectivity index (χ0v) is 12.7. The van der Waals surface area contributed by atoms with Crippen LogP contribution in [0.1, 0.15) is 41.0 Å². The number of rotatable bonds is 3. The van der Waals surface area contributed by atoms with Gasteiger partial charge in [0.05, 0.1) is 25.4 Å². The molecule has 0 bridgehead atoms. The Bertz CT molecular complexity index is 298. The molecular weight excluding hydrogens is 246 g/mol. The summed E-state index contributed by atoms with van der Waals surface area (Å²) < 4.78 is 10.8. The van der Waals surface area contributed by atoms with Gasteiger partial charge in [-0.05, 0) is 33.1 Å². The summed E-state index contributed by atoms with van der Waals surface area (Å²) in [6.45, 7) is 10.9. The molecule has 5 nitrogen and oxygen atoms in total. The molecule has 0 aromatic heterocycles. The predicted octanol–water partition coefficient (Wildman–Crippen LogP) is 2.03. The van der Waals surface area contributed by atoms with Crippen LogP contribution in [0.2, 0.25) is 0 Å². The predicted molar refractivity (Wildman–Crippen MR) is 73.0 cm³/mol. The second-order valence-electron chi connectivity index (χ2n) is 6.51. The van der Waals surface area contributed by atoms with Gasteiger partial charge in [-0.3, -0.25) is 4.90 Å². The van der Waals surface area contributed by atoms with E-state index in [-0.39, 0.29) is 12.1 Å². The van der Waals surface area contributed by atoms with E-state index >= 15 is 0 Å². The van der Waals surface area contributed by atoms with Crippen molar-refractivity contribution in [2.75, 3.05) is 19.8 Å². The van der Waals surface area contributed by atoms with E-state index in [1.165, 1.54) is 0 Å². The maximum absolute atomic E-state index is 12.2. The smallest absolute Gasteiger partial charge is 0.410 e. The Balaban J connectivity index is 2.69. The highest BCUT2D eigenvalue weighted by Gasteiger charge is 2.35. The van der Waals surface area contributed by atoms with E-state index < -0.39 is 11.7 Å². The summed E-state index contributed by atoms with van der Waals surface area (Å²) in [7, 11) is 0. The van der Waals surface area contributed by atoms with Gasteiger partial charge >= 0.3 is 6.09 Å². The molecule has 1 aliphatic rings. The third-order valence-corrected chi connectivity index (χ3v) is 2.95. The summed E-state index contributed by atoms with van der Waals surface area (Å²) in [5.74, 6) is 0.373. The summed E-state index contributed by atoms with van der Waals surface area (Å²) in [6, 6.07) is -0.314. The number of hydrogen-bond acceptors (Lipinski definition) is 4. The molecule has 0 aliphatic carbocycles. The molecular formula is C14H27NO4. The summed E-state index contributed by atoms with van der Waals surface area (Å²) in [5.41, 5.74) is -0.525. The monoisotopic (exact) mass is 273 g/mol. The SMILES string of the molecule is CC(C)CC(O)C1COCCN1C(=O)OC(C)(C)C. The molecule has 1 amide bonds. The molecule has 1 N–H and O–H groups in total. The minimum absolute atomic E-state index is 0.314. The molecule has 0 saturated carbocycles. The van der Waals surface area contributed by atoms with E-state index in [4.69, 9.17) is 9.47 Å². The van der Waals surface area contributed by atoms with Gasteiger partial charge in [0.25, 0.3) is 0 Å². The van der Waals surface area contributed by atoms with Gasteiger partial charge in [-0.2, -0.15) is 0 Å². The maximum Gasteiger partial charge on any atom is 0.410 e. The van der Waals surface area contributed by atoms with Crippen LogP contribution in [0, 0.1) is 5.92 Å². The zero-order chi connectivity index (χ0) is 14.6. The number of morpholine rings is 1. The number of carbonyl (C=O) groups is 1. The first kappa shape index (κ1) is 16.2. The number of carbonyl (C=O) groups excluding carboxylic acids is 1. The normalized spacial score (nSPS) is 22.5. The van der Waals surface area contributed by atoms with E-state index in [0.29, 0.717) is 32.1 Å². The summed E-state index contributed by atoms with van der Waals surface area (Å²) in [5, 5.41) is 10.2. The minimum atomic E-state index is -0.576. The van der Waals surface area contributed by atoms with Crippen molar-refractivity contribution < 1.29 is 19.4 Å². The maximum atomic E-state index is 12.2. The largest absolute Gasteiger partial charge is 0.444 e. The van der Waals surface area contributed by atoms with Gasteiger partial charge in [0, 0.05) is 6.54 Å². The Morgan fingerprint density at radius 3 is 2.63 bits per heavy atom. The van der Waals surface area contributed by atoms with E-state index in [9.17, 15) is 9.90 Å². The lowest BCUT2D eigenvalue weighted by Gasteiger charge is -2.39. The van der Waals surface area contributed by atoms with Crippen molar-refractivity contribution in [1.82, 2.24) is 4.90 Å². The lowest BCUT2D eigenvalue weighted by Crippen LogP contribution is -2.55. The Kier molecular flexibility index (Phi) is 5.62. The lowest BCUT2D eigenvalue weighted by atomic mass is 9.99. The van der Waals surface area contributed by atoms with Crippen molar-refractivity contribution in [1.29, 1.82) is 0 Å². The van der Waals surface area contributed by atoms with Crippen molar-refractivity contribution in [3.8, 4) is 0 Å². The highest BCUT2D eigenvalue weighted by atomic mass is 16.6. The van der Waals surface area contributed by atoms with E-state index in [2.05, 4.69) is 0 Å². The number of ether oxygens (including phenoxy) is 2. The molecule has 1 heterocycles. The second kappa shape index (κ2) is 6.57. The summed E-state index contributed by atoms with van der Waals surface area (Å²) in [4.78, 5) is 13.8. The van der Waals surface area contributed by atoms with Gasteiger partial charge in [-0.25, -0.2) is 4.79 Å². The Morgan fingerprint density at radius 2 is 2.11 bits per heavy atom. The summed E-state index contributed by atoms with van der Waals surface area (Å²) >= 11 is 0. The Labute approximate surface area is 115 Å². The Morgan fingerprint density at radius 1 is 1.47 bits per heavy atom. The molecule has 19 heavy (non-hydrogen) atoms. The van der Waals surface area contributed by atoms with Crippen LogP contribution in [0.15, 0.2) is 0 Å². The van der Waals surface area contributed by atoms with Crippen LogP contribution >= 0.6 is 0 Å². The van der Waals surface area contributed by atoms with Crippen LogP contribution in [0.25, 0.3) is 0 Å². The number of amides is 1. The van der Waals surface area contributed by atoms with Gasteiger partial charge in [0.2, 0.25) is 0 Å². The number of hydrogen-bond donors (Lipinski definition) is 1. The van der Waals surface area contributed by atoms with E-state index in [0.717, 1.165) is 0 Å².